The number of halogens is 2. The van der Waals surface area contributed by atoms with Gasteiger partial charge in [0.2, 0.25) is 0 Å². The summed E-state index contributed by atoms with van der Waals surface area (Å²) in [5.74, 6) is -1.54. The van der Waals surface area contributed by atoms with Crippen LogP contribution in [0.25, 0.3) is 0 Å². The maximum atomic E-state index is 13.3. The van der Waals surface area contributed by atoms with Crippen molar-refractivity contribution in [2.24, 2.45) is 5.41 Å². The summed E-state index contributed by atoms with van der Waals surface area (Å²) in [6.45, 7) is 10.3. The molecule has 1 aliphatic rings. The average Bonchev–Trinajstić information content (AvgIpc) is 2.59. The van der Waals surface area contributed by atoms with Crippen molar-refractivity contribution in [2.45, 2.75) is 39.8 Å². The zero-order valence-corrected chi connectivity index (χ0v) is 12.5. The summed E-state index contributed by atoms with van der Waals surface area (Å²) in [6.07, 6.45) is 1.08. The lowest BCUT2D eigenvalue weighted by atomic mass is 9.86. The molecule has 0 radical (unpaired) electrons. The fourth-order valence-electron chi connectivity index (χ4n) is 2.61. The van der Waals surface area contributed by atoms with Crippen LogP contribution in [0.3, 0.4) is 0 Å². The Labute approximate surface area is 120 Å². The lowest BCUT2D eigenvalue weighted by Gasteiger charge is -2.33. The first-order valence-corrected chi connectivity index (χ1v) is 7.26. The summed E-state index contributed by atoms with van der Waals surface area (Å²) in [5.41, 5.74) is 1.02. The molecule has 2 nitrogen and oxygen atoms in total. The number of hydrogen-bond donors (Lipinski definition) is 1. The molecule has 112 valence electrons. The topological polar surface area (TPSA) is 15.3 Å². The van der Waals surface area contributed by atoms with E-state index in [4.69, 9.17) is 0 Å². The second-order valence-electron chi connectivity index (χ2n) is 6.71. The minimum absolute atomic E-state index is 0.191. The molecule has 0 aromatic heterocycles. The third kappa shape index (κ3) is 4.00. The Morgan fingerprint density at radius 2 is 2.00 bits per heavy atom. The lowest BCUT2D eigenvalue weighted by Crippen LogP contribution is -2.46. The third-order valence-electron chi connectivity index (χ3n) is 3.92. The number of benzene rings is 1. The van der Waals surface area contributed by atoms with E-state index in [0.717, 1.165) is 31.6 Å². The van der Waals surface area contributed by atoms with E-state index in [9.17, 15) is 8.78 Å². The van der Waals surface area contributed by atoms with E-state index < -0.39 is 11.6 Å². The van der Waals surface area contributed by atoms with Crippen LogP contribution in [-0.2, 0) is 6.54 Å². The molecular weight excluding hydrogens is 258 g/mol. The minimum Gasteiger partial charge on any atom is -0.312 e. The highest BCUT2D eigenvalue weighted by molar-refractivity contribution is 5.17. The molecule has 1 N–H and O–H groups in total. The monoisotopic (exact) mass is 282 g/mol. The van der Waals surface area contributed by atoms with Crippen LogP contribution in [0.5, 0.6) is 0 Å². The van der Waals surface area contributed by atoms with E-state index >= 15 is 0 Å². The molecule has 1 aromatic rings. The molecule has 1 unspecified atom stereocenters. The van der Waals surface area contributed by atoms with Gasteiger partial charge in [0.15, 0.2) is 11.6 Å². The molecule has 0 spiro atoms. The van der Waals surface area contributed by atoms with Crippen molar-refractivity contribution in [3.8, 4) is 0 Å². The highest BCUT2D eigenvalue weighted by atomic mass is 19.2. The van der Waals surface area contributed by atoms with Gasteiger partial charge in [0.05, 0.1) is 0 Å². The number of rotatable bonds is 2. The van der Waals surface area contributed by atoms with Crippen LogP contribution in [-0.4, -0.2) is 30.6 Å². The van der Waals surface area contributed by atoms with Crippen LogP contribution in [0.1, 0.15) is 32.8 Å². The summed E-state index contributed by atoms with van der Waals surface area (Å²) in [7, 11) is 0. The van der Waals surface area contributed by atoms with E-state index in [-0.39, 0.29) is 5.41 Å². The van der Waals surface area contributed by atoms with Gasteiger partial charge < -0.3 is 5.32 Å². The van der Waals surface area contributed by atoms with Crippen LogP contribution in [0.4, 0.5) is 8.78 Å². The van der Waals surface area contributed by atoms with Gasteiger partial charge in [-0.25, -0.2) is 8.78 Å². The van der Waals surface area contributed by atoms with Crippen molar-refractivity contribution in [1.82, 2.24) is 10.2 Å². The molecule has 0 amide bonds. The molecule has 0 bridgehead atoms. The molecule has 1 saturated heterocycles. The van der Waals surface area contributed by atoms with E-state index in [1.165, 1.54) is 12.1 Å². The Kier molecular flexibility index (Phi) is 4.76. The predicted octanol–water partition coefficient (Wildman–Crippen LogP) is 3.17. The summed E-state index contributed by atoms with van der Waals surface area (Å²) in [5, 5.41) is 3.58. The molecule has 1 aliphatic heterocycles. The first-order chi connectivity index (χ1) is 9.36. The predicted molar refractivity (Wildman–Crippen MR) is 77.5 cm³/mol. The lowest BCUT2D eigenvalue weighted by molar-refractivity contribution is 0.192. The van der Waals surface area contributed by atoms with Crippen molar-refractivity contribution in [3.63, 3.8) is 0 Å². The van der Waals surface area contributed by atoms with Crippen LogP contribution in [0.2, 0.25) is 0 Å². The molecule has 0 saturated carbocycles. The fraction of sp³-hybridized carbons (Fsp3) is 0.625. The summed E-state index contributed by atoms with van der Waals surface area (Å²) in [4.78, 5) is 2.32. The second-order valence-corrected chi connectivity index (χ2v) is 6.71. The van der Waals surface area contributed by atoms with Gasteiger partial charge in [0.25, 0.3) is 0 Å². The van der Waals surface area contributed by atoms with E-state index in [0.29, 0.717) is 12.6 Å². The van der Waals surface area contributed by atoms with E-state index in [2.05, 4.69) is 31.0 Å². The maximum Gasteiger partial charge on any atom is 0.159 e. The molecule has 2 rings (SSSR count). The SMILES string of the molecule is CC(C)(C)C1CN(Cc2ccc(F)c(F)c2)CCCN1. The van der Waals surface area contributed by atoms with Crippen LogP contribution in [0, 0.1) is 17.0 Å². The van der Waals surface area contributed by atoms with Crippen LogP contribution >= 0.6 is 0 Å². The molecule has 4 heteroatoms. The molecule has 1 atom stereocenters. The molecular formula is C16H24F2N2. The van der Waals surface area contributed by atoms with Gasteiger partial charge >= 0.3 is 0 Å². The van der Waals surface area contributed by atoms with Gasteiger partial charge in [-0.1, -0.05) is 26.8 Å². The number of hydrogen-bond acceptors (Lipinski definition) is 2. The van der Waals surface area contributed by atoms with Crippen molar-refractivity contribution in [3.05, 3.63) is 35.4 Å². The standard InChI is InChI=1S/C16H24F2N2/c1-16(2,3)15-11-20(8-4-7-19-15)10-12-5-6-13(17)14(18)9-12/h5-6,9,15,19H,4,7-8,10-11H2,1-3H3. The van der Waals surface area contributed by atoms with Crippen molar-refractivity contribution in [2.75, 3.05) is 19.6 Å². The first kappa shape index (κ1) is 15.4. The molecule has 0 aliphatic carbocycles. The summed E-state index contributed by atoms with van der Waals surface area (Å²) in [6, 6.07) is 4.60. The quantitative estimate of drug-likeness (QED) is 0.896. The summed E-state index contributed by atoms with van der Waals surface area (Å²) >= 11 is 0. The van der Waals surface area contributed by atoms with Gasteiger partial charge in [-0.15, -0.1) is 0 Å². The number of nitrogens with zero attached hydrogens (tertiary/aromatic N) is 1. The molecule has 20 heavy (non-hydrogen) atoms. The highest BCUT2D eigenvalue weighted by Crippen LogP contribution is 2.22. The van der Waals surface area contributed by atoms with Gasteiger partial charge in [-0.3, -0.25) is 4.90 Å². The van der Waals surface area contributed by atoms with Crippen molar-refractivity contribution >= 4 is 0 Å². The Morgan fingerprint density at radius 3 is 2.65 bits per heavy atom. The Balaban J connectivity index is 2.05. The second kappa shape index (κ2) is 6.19. The van der Waals surface area contributed by atoms with Gasteiger partial charge in [0.1, 0.15) is 0 Å². The normalized spacial score (nSPS) is 21.8. The average molecular weight is 282 g/mol. The van der Waals surface area contributed by atoms with Crippen LogP contribution < -0.4 is 5.32 Å². The Bertz CT molecular complexity index is 454. The Morgan fingerprint density at radius 1 is 1.25 bits per heavy atom. The smallest absolute Gasteiger partial charge is 0.159 e. The molecule has 1 aromatic carbocycles. The van der Waals surface area contributed by atoms with Gasteiger partial charge in [0, 0.05) is 19.1 Å². The first-order valence-electron chi connectivity index (χ1n) is 7.26. The zero-order valence-electron chi connectivity index (χ0n) is 12.5. The third-order valence-corrected chi connectivity index (χ3v) is 3.92. The van der Waals surface area contributed by atoms with Gasteiger partial charge in [-0.2, -0.15) is 0 Å². The molecule has 1 heterocycles. The van der Waals surface area contributed by atoms with Gasteiger partial charge in [-0.05, 0) is 42.6 Å². The van der Waals surface area contributed by atoms with Crippen molar-refractivity contribution < 1.29 is 8.78 Å². The van der Waals surface area contributed by atoms with Crippen LogP contribution in [0.15, 0.2) is 18.2 Å². The van der Waals surface area contributed by atoms with E-state index in [1.807, 2.05) is 0 Å². The Hall–Kier alpha value is -1.00. The van der Waals surface area contributed by atoms with Crippen molar-refractivity contribution in [1.29, 1.82) is 0 Å². The van der Waals surface area contributed by atoms with E-state index in [1.54, 1.807) is 6.07 Å². The molecule has 1 fully saturated rings. The highest BCUT2D eigenvalue weighted by Gasteiger charge is 2.27. The fourth-order valence-corrected chi connectivity index (χ4v) is 2.61. The largest absolute Gasteiger partial charge is 0.312 e. The zero-order chi connectivity index (χ0) is 14.8. The number of nitrogens with one attached hydrogen (secondary N) is 1. The maximum absolute atomic E-state index is 13.3. The minimum atomic E-state index is -0.779. The summed E-state index contributed by atoms with van der Waals surface area (Å²) < 4.78 is 26.2.